The Labute approximate surface area is 118 Å². The quantitative estimate of drug-likeness (QED) is 0.587. The van der Waals surface area contributed by atoms with E-state index in [0.29, 0.717) is 5.69 Å². The van der Waals surface area contributed by atoms with E-state index >= 15 is 0 Å². The summed E-state index contributed by atoms with van der Waals surface area (Å²) in [7, 11) is 0. The average Bonchev–Trinajstić information content (AvgIpc) is 2.80. The predicted molar refractivity (Wildman–Crippen MR) is 73.5 cm³/mol. The second kappa shape index (κ2) is 5.45. The van der Waals surface area contributed by atoms with Gasteiger partial charge in [-0.15, -0.1) is 0 Å². The van der Waals surface area contributed by atoms with Crippen molar-refractivity contribution in [1.82, 2.24) is 4.98 Å². The number of aromatic amines is 1. The Hall–Kier alpha value is -3.16. The van der Waals surface area contributed by atoms with Gasteiger partial charge < -0.3 is 15.4 Å². The highest BCUT2D eigenvalue weighted by atomic mass is 16.6. The number of carboxylic acid groups (broad SMARTS) is 1. The van der Waals surface area contributed by atoms with Crippen LogP contribution in [0.1, 0.15) is 26.5 Å². The maximum Gasteiger partial charge on any atom is 0.354 e. The number of carbonyl (C=O) groups excluding carboxylic acids is 1. The molecule has 0 radical (unpaired) electrons. The second-order valence-electron chi connectivity index (χ2n) is 4.30. The van der Waals surface area contributed by atoms with Crippen LogP contribution >= 0.6 is 0 Å². The summed E-state index contributed by atoms with van der Waals surface area (Å²) in [5.74, 6) is -1.74. The molecule has 0 fully saturated rings. The molecule has 0 aliphatic rings. The fourth-order valence-electron chi connectivity index (χ4n) is 1.79. The molecule has 0 aliphatic heterocycles. The molecule has 2 rings (SSSR count). The third-order valence-electron chi connectivity index (χ3n) is 2.75. The number of aromatic nitrogens is 1. The summed E-state index contributed by atoms with van der Waals surface area (Å²) in [4.78, 5) is 35.6. The molecule has 0 bridgehead atoms. The van der Waals surface area contributed by atoms with Gasteiger partial charge in [0.1, 0.15) is 5.69 Å². The number of amides is 1. The molecule has 3 N–H and O–H groups in total. The van der Waals surface area contributed by atoms with Gasteiger partial charge in [0.05, 0.1) is 10.6 Å². The van der Waals surface area contributed by atoms with Gasteiger partial charge in [0.2, 0.25) is 0 Å². The normalized spacial score (nSPS) is 10.1. The molecule has 8 heteroatoms. The van der Waals surface area contributed by atoms with E-state index in [0.717, 1.165) is 0 Å². The van der Waals surface area contributed by atoms with Crippen LogP contribution in [0, 0.1) is 17.0 Å². The summed E-state index contributed by atoms with van der Waals surface area (Å²) in [5.41, 5.74) is 0.670. The number of rotatable bonds is 4. The molecule has 1 heterocycles. The van der Waals surface area contributed by atoms with Crippen molar-refractivity contribution < 1.29 is 19.6 Å². The van der Waals surface area contributed by atoms with Gasteiger partial charge in [0.15, 0.2) is 0 Å². The Bertz CT molecular complexity index is 718. The fourth-order valence-corrected chi connectivity index (χ4v) is 1.79. The van der Waals surface area contributed by atoms with Crippen molar-refractivity contribution in [3.63, 3.8) is 0 Å². The fraction of sp³-hybridized carbons (Fsp3) is 0.0769. The lowest BCUT2D eigenvalue weighted by atomic mass is 10.2. The van der Waals surface area contributed by atoms with Crippen molar-refractivity contribution >= 4 is 23.3 Å². The molecule has 0 saturated heterocycles. The van der Waals surface area contributed by atoms with E-state index in [1.807, 2.05) is 0 Å². The van der Waals surface area contributed by atoms with Gasteiger partial charge in [-0.3, -0.25) is 14.9 Å². The van der Waals surface area contributed by atoms with Gasteiger partial charge in [-0.1, -0.05) is 0 Å². The number of non-ortho nitro benzene ring substituents is 1. The number of carboxylic acids is 1. The third-order valence-corrected chi connectivity index (χ3v) is 2.75. The van der Waals surface area contributed by atoms with Gasteiger partial charge in [0, 0.05) is 23.4 Å². The van der Waals surface area contributed by atoms with Crippen LogP contribution < -0.4 is 5.32 Å². The molecule has 0 saturated carbocycles. The molecule has 21 heavy (non-hydrogen) atoms. The number of hydrogen-bond acceptors (Lipinski definition) is 4. The smallest absolute Gasteiger partial charge is 0.354 e. The van der Waals surface area contributed by atoms with Crippen LogP contribution in [-0.2, 0) is 0 Å². The lowest BCUT2D eigenvalue weighted by molar-refractivity contribution is -0.384. The van der Waals surface area contributed by atoms with Gasteiger partial charge >= 0.3 is 5.97 Å². The Morgan fingerprint density at radius 2 is 1.90 bits per heavy atom. The van der Waals surface area contributed by atoms with Crippen molar-refractivity contribution in [3.8, 4) is 0 Å². The number of anilines is 1. The monoisotopic (exact) mass is 289 g/mol. The first-order valence-electron chi connectivity index (χ1n) is 5.87. The molecule has 0 aliphatic carbocycles. The summed E-state index contributed by atoms with van der Waals surface area (Å²) in [5, 5.41) is 22.0. The lowest BCUT2D eigenvalue weighted by Gasteiger charge is -2.04. The maximum atomic E-state index is 12.0. The van der Waals surface area contributed by atoms with Crippen molar-refractivity contribution in [2.45, 2.75) is 6.92 Å². The first-order chi connectivity index (χ1) is 9.88. The average molecular weight is 289 g/mol. The zero-order valence-electron chi connectivity index (χ0n) is 10.9. The van der Waals surface area contributed by atoms with E-state index in [-0.39, 0.29) is 22.6 Å². The van der Waals surface area contributed by atoms with Crippen molar-refractivity contribution in [3.05, 3.63) is 57.4 Å². The van der Waals surface area contributed by atoms with E-state index in [9.17, 15) is 19.7 Å². The number of aromatic carboxylic acids is 1. The van der Waals surface area contributed by atoms with E-state index in [1.54, 1.807) is 6.92 Å². The number of hydrogen-bond donors (Lipinski definition) is 3. The topological polar surface area (TPSA) is 125 Å². The van der Waals surface area contributed by atoms with Crippen LogP contribution in [0.4, 0.5) is 11.4 Å². The summed E-state index contributed by atoms with van der Waals surface area (Å²) in [6.07, 6.45) is 0. The summed E-state index contributed by atoms with van der Waals surface area (Å²) >= 11 is 0. The minimum Gasteiger partial charge on any atom is -0.477 e. The molecule has 0 atom stereocenters. The first kappa shape index (κ1) is 14.3. The second-order valence-corrected chi connectivity index (χ2v) is 4.30. The highest BCUT2D eigenvalue weighted by Gasteiger charge is 2.16. The van der Waals surface area contributed by atoms with Crippen LogP contribution in [0.15, 0.2) is 30.3 Å². The Morgan fingerprint density at radius 3 is 2.43 bits per heavy atom. The minimum absolute atomic E-state index is 0.122. The number of benzene rings is 1. The molecule has 1 amide bonds. The first-order valence-corrected chi connectivity index (χ1v) is 5.87. The number of nitrogens with zero attached hydrogens (tertiary/aromatic N) is 1. The zero-order chi connectivity index (χ0) is 15.6. The number of carbonyl (C=O) groups is 2. The SMILES string of the molecule is Cc1cc(NC(=O)c2ccc([N+](=O)[O-])cc2)c(C(=O)O)[nH]1. The van der Waals surface area contributed by atoms with Gasteiger partial charge in [0.25, 0.3) is 11.6 Å². The van der Waals surface area contributed by atoms with E-state index in [2.05, 4.69) is 10.3 Å². The van der Waals surface area contributed by atoms with Crippen LogP contribution in [0.5, 0.6) is 0 Å². The molecule has 8 nitrogen and oxygen atoms in total. The molecule has 1 aromatic heterocycles. The Morgan fingerprint density at radius 1 is 1.29 bits per heavy atom. The Kier molecular flexibility index (Phi) is 3.70. The van der Waals surface area contributed by atoms with Crippen LogP contribution in [0.2, 0.25) is 0 Å². The van der Waals surface area contributed by atoms with Crippen LogP contribution in [0.25, 0.3) is 0 Å². The molecule has 0 spiro atoms. The summed E-state index contributed by atoms with van der Waals surface area (Å²) < 4.78 is 0. The predicted octanol–water partition coefficient (Wildman–Crippen LogP) is 2.18. The molecular weight excluding hydrogens is 278 g/mol. The number of H-pyrrole nitrogens is 1. The molecule has 0 unspecified atom stereocenters. The van der Waals surface area contributed by atoms with Crippen molar-refractivity contribution in [2.75, 3.05) is 5.32 Å². The highest BCUT2D eigenvalue weighted by molar-refractivity contribution is 6.07. The van der Waals surface area contributed by atoms with Crippen molar-refractivity contribution in [1.29, 1.82) is 0 Å². The van der Waals surface area contributed by atoms with Crippen molar-refractivity contribution in [2.24, 2.45) is 0 Å². The summed E-state index contributed by atoms with van der Waals surface area (Å²) in [6, 6.07) is 6.50. The van der Waals surface area contributed by atoms with Gasteiger partial charge in [-0.25, -0.2) is 4.79 Å². The largest absolute Gasteiger partial charge is 0.477 e. The number of nitro groups is 1. The number of nitrogens with one attached hydrogen (secondary N) is 2. The number of aryl methyl sites for hydroxylation is 1. The molecule has 2 aromatic rings. The van der Waals surface area contributed by atoms with E-state index in [1.165, 1.54) is 30.3 Å². The zero-order valence-corrected chi connectivity index (χ0v) is 10.9. The third kappa shape index (κ3) is 3.06. The van der Waals surface area contributed by atoms with E-state index in [4.69, 9.17) is 5.11 Å². The molecule has 1 aromatic carbocycles. The van der Waals surface area contributed by atoms with Gasteiger partial charge in [-0.2, -0.15) is 0 Å². The summed E-state index contributed by atoms with van der Waals surface area (Å²) in [6.45, 7) is 1.66. The lowest BCUT2D eigenvalue weighted by Crippen LogP contribution is -2.14. The standard InChI is InChI=1S/C13H11N3O5/c1-7-6-10(11(14-7)13(18)19)15-12(17)8-2-4-9(5-3-8)16(20)21/h2-6,14H,1H3,(H,15,17)(H,18,19). The highest BCUT2D eigenvalue weighted by Crippen LogP contribution is 2.19. The Balaban J connectivity index is 2.22. The molecular formula is C13H11N3O5. The van der Waals surface area contributed by atoms with Crippen LogP contribution in [-0.4, -0.2) is 26.9 Å². The van der Waals surface area contributed by atoms with E-state index < -0.39 is 16.8 Å². The van der Waals surface area contributed by atoms with Crippen LogP contribution in [0.3, 0.4) is 0 Å². The number of nitro benzene ring substituents is 1. The molecule has 108 valence electrons. The maximum absolute atomic E-state index is 12.0. The van der Waals surface area contributed by atoms with Gasteiger partial charge in [-0.05, 0) is 25.1 Å². The minimum atomic E-state index is -1.19.